The number of hydrogen-bond acceptors (Lipinski definition) is 5. The van der Waals surface area contributed by atoms with Gasteiger partial charge in [-0.1, -0.05) is 11.6 Å². The zero-order valence-electron chi connectivity index (χ0n) is 14.9. The number of ether oxygens (including phenoxy) is 3. The van der Waals surface area contributed by atoms with Crippen molar-refractivity contribution in [3.63, 3.8) is 0 Å². The van der Waals surface area contributed by atoms with E-state index in [-0.39, 0.29) is 11.7 Å². The van der Waals surface area contributed by atoms with Crippen LogP contribution in [0.5, 0.6) is 17.2 Å². The minimum Gasteiger partial charge on any atom is -0.493 e. The highest BCUT2D eigenvalue weighted by molar-refractivity contribution is 6.14. The first kappa shape index (κ1) is 18.3. The van der Waals surface area contributed by atoms with E-state index < -0.39 is 0 Å². The smallest absolute Gasteiger partial charge is 0.221 e. The molecule has 2 aromatic carbocycles. The maximum absolute atomic E-state index is 13.0. The van der Waals surface area contributed by atoms with Crippen LogP contribution in [0.25, 0.3) is 0 Å². The Labute approximate surface area is 146 Å². The molecule has 0 atom stereocenters. The second kappa shape index (κ2) is 7.70. The van der Waals surface area contributed by atoms with E-state index in [1.807, 2.05) is 13.0 Å². The fourth-order valence-electron chi connectivity index (χ4n) is 2.51. The van der Waals surface area contributed by atoms with Gasteiger partial charge in [0, 0.05) is 18.1 Å². The van der Waals surface area contributed by atoms with Gasteiger partial charge < -0.3 is 19.5 Å². The zero-order chi connectivity index (χ0) is 18.6. The lowest BCUT2D eigenvalue weighted by atomic mass is 9.99. The molecule has 6 nitrogen and oxygen atoms in total. The third-order valence-electron chi connectivity index (χ3n) is 3.66. The van der Waals surface area contributed by atoms with Crippen LogP contribution in [0.2, 0.25) is 0 Å². The van der Waals surface area contributed by atoms with Crippen molar-refractivity contribution in [2.45, 2.75) is 13.8 Å². The summed E-state index contributed by atoms with van der Waals surface area (Å²) >= 11 is 0. The van der Waals surface area contributed by atoms with Gasteiger partial charge in [-0.05, 0) is 31.2 Å². The summed E-state index contributed by atoms with van der Waals surface area (Å²) in [4.78, 5) is 24.4. The third-order valence-corrected chi connectivity index (χ3v) is 3.66. The highest BCUT2D eigenvalue weighted by Crippen LogP contribution is 2.39. The predicted octanol–water partition coefficient (Wildman–Crippen LogP) is 3.21. The van der Waals surface area contributed by atoms with Crippen molar-refractivity contribution in [3.8, 4) is 17.2 Å². The molecule has 0 aromatic heterocycles. The van der Waals surface area contributed by atoms with Crippen molar-refractivity contribution in [1.29, 1.82) is 0 Å². The molecule has 0 spiro atoms. The molecular weight excluding hydrogens is 322 g/mol. The number of carbonyl (C=O) groups excluding carboxylic acids is 2. The Morgan fingerprint density at radius 2 is 1.52 bits per heavy atom. The Morgan fingerprint density at radius 1 is 0.920 bits per heavy atom. The van der Waals surface area contributed by atoms with Crippen molar-refractivity contribution in [1.82, 2.24) is 0 Å². The van der Waals surface area contributed by atoms with E-state index in [4.69, 9.17) is 14.2 Å². The Kier molecular flexibility index (Phi) is 5.64. The largest absolute Gasteiger partial charge is 0.493 e. The van der Waals surface area contributed by atoms with E-state index >= 15 is 0 Å². The van der Waals surface area contributed by atoms with E-state index in [1.54, 1.807) is 24.3 Å². The fraction of sp³-hybridized carbons (Fsp3) is 0.263. The van der Waals surface area contributed by atoms with Crippen molar-refractivity contribution in [2.24, 2.45) is 0 Å². The summed E-state index contributed by atoms with van der Waals surface area (Å²) in [6.07, 6.45) is 0. The molecular formula is C19H21NO5. The monoisotopic (exact) mass is 343 g/mol. The summed E-state index contributed by atoms with van der Waals surface area (Å²) in [6.45, 7) is 3.27. The number of amides is 1. The summed E-state index contributed by atoms with van der Waals surface area (Å²) in [5, 5.41) is 2.68. The molecule has 0 fully saturated rings. The molecule has 0 aliphatic heterocycles. The van der Waals surface area contributed by atoms with E-state index in [9.17, 15) is 9.59 Å². The molecule has 0 radical (unpaired) electrons. The lowest BCUT2D eigenvalue weighted by Gasteiger charge is -2.15. The van der Waals surface area contributed by atoms with Gasteiger partial charge in [0.05, 0.1) is 27.0 Å². The molecule has 0 aliphatic carbocycles. The van der Waals surface area contributed by atoms with Crippen molar-refractivity contribution < 1.29 is 23.8 Å². The average molecular weight is 343 g/mol. The Balaban J connectivity index is 2.58. The standard InChI is InChI=1S/C19H21NO5/c1-11-6-7-15(20-12(2)21)14(8-11)18(22)13-9-16(23-3)19(25-5)17(10-13)24-4/h6-10H,1-5H3,(H,20,21). The number of hydrogen-bond donors (Lipinski definition) is 1. The third kappa shape index (κ3) is 3.91. The zero-order valence-corrected chi connectivity index (χ0v) is 14.9. The first-order chi connectivity index (χ1) is 11.9. The van der Waals surface area contributed by atoms with Gasteiger partial charge in [-0.15, -0.1) is 0 Å². The van der Waals surface area contributed by atoms with Gasteiger partial charge in [0.2, 0.25) is 11.7 Å². The van der Waals surface area contributed by atoms with Gasteiger partial charge in [-0.2, -0.15) is 0 Å². The van der Waals surface area contributed by atoms with Crippen LogP contribution >= 0.6 is 0 Å². The maximum atomic E-state index is 13.0. The molecule has 0 aliphatic rings. The van der Waals surface area contributed by atoms with E-state index in [0.717, 1.165) is 5.56 Å². The minimum absolute atomic E-state index is 0.247. The number of rotatable bonds is 6. The van der Waals surface area contributed by atoms with Crippen LogP contribution in [-0.2, 0) is 4.79 Å². The van der Waals surface area contributed by atoms with Crippen LogP contribution < -0.4 is 19.5 Å². The van der Waals surface area contributed by atoms with Crippen LogP contribution in [-0.4, -0.2) is 33.0 Å². The number of aryl methyl sites for hydroxylation is 1. The minimum atomic E-state index is -0.258. The highest BCUT2D eigenvalue weighted by atomic mass is 16.5. The van der Waals surface area contributed by atoms with Crippen molar-refractivity contribution in [2.75, 3.05) is 26.6 Å². The van der Waals surface area contributed by atoms with Crippen LogP contribution in [0.4, 0.5) is 5.69 Å². The summed E-state index contributed by atoms with van der Waals surface area (Å²) in [6, 6.07) is 8.45. The lowest BCUT2D eigenvalue weighted by molar-refractivity contribution is -0.114. The van der Waals surface area contributed by atoms with Gasteiger partial charge in [0.1, 0.15) is 0 Å². The molecule has 1 N–H and O–H groups in total. The molecule has 0 bridgehead atoms. The van der Waals surface area contributed by atoms with E-state index in [0.29, 0.717) is 34.1 Å². The van der Waals surface area contributed by atoms with Crippen LogP contribution in [0.3, 0.4) is 0 Å². The Bertz CT molecular complexity index is 788. The van der Waals surface area contributed by atoms with Gasteiger partial charge in [0.25, 0.3) is 0 Å². The average Bonchev–Trinajstić information content (AvgIpc) is 2.60. The van der Waals surface area contributed by atoms with Crippen molar-refractivity contribution >= 4 is 17.4 Å². The summed E-state index contributed by atoms with van der Waals surface area (Å²) in [5.74, 6) is 0.681. The molecule has 6 heteroatoms. The molecule has 25 heavy (non-hydrogen) atoms. The number of methoxy groups -OCH3 is 3. The molecule has 2 rings (SSSR count). The Morgan fingerprint density at radius 3 is 2.00 bits per heavy atom. The topological polar surface area (TPSA) is 73.9 Å². The molecule has 1 amide bonds. The van der Waals surface area contributed by atoms with Crippen LogP contribution in [0.1, 0.15) is 28.4 Å². The highest BCUT2D eigenvalue weighted by Gasteiger charge is 2.20. The van der Waals surface area contributed by atoms with E-state index in [1.165, 1.54) is 28.3 Å². The fourth-order valence-corrected chi connectivity index (χ4v) is 2.51. The van der Waals surface area contributed by atoms with Gasteiger partial charge in [-0.25, -0.2) is 0 Å². The van der Waals surface area contributed by atoms with Crippen molar-refractivity contribution in [3.05, 3.63) is 47.0 Å². The number of ketones is 1. The van der Waals surface area contributed by atoms with Gasteiger partial charge in [-0.3, -0.25) is 9.59 Å². The summed E-state index contributed by atoms with van der Waals surface area (Å²) in [7, 11) is 4.47. The molecule has 0 saturated carbocycles. The predicted molar refractivity (Wildman–Crippen MR) is 95.0 cm³/mol. The molecule has 0 saturated heterocycles. The van der Waals surface area contributed by atoms with Gasteiger partial charge >= 0.3 is 0 Å². The maximum Gasteiger partial charge on any atom is 0.221 e. The number of nitrogens with one attached hydrogen (secondary N) is 1. The first-order valence-electron chi connectivity index (χ1n) is 7.64. The summed E-state index contributed by atoms with van der Waals surface area (Å²) in [5.41, 5.74) is 2.12. The quantitative estimate of drug-likeness (QED) is 0.815. The first-order valence-corrected chi connectivity index (χ1v) is 7.64. The molecule has 0 unspecified atom stereocenters. The SMILES string of the molecule is COc1cc(C(=O)c2cc(C)ccc2NC(C)=O)cc(OC)c1OC. The second-order valence-corrected chi connectivity index (χ2v) is 5.47. The second-order valence-electron chi connectivity index (χ2n) is 5.47. The molecule has 0 heterocycles. The van der Waals surface area contributed by atoms with E-state index in [2.05, 4.69) is 5.32 Å². The number of carbonyl (C=O) groups is 2. The number of anilines is 1. The Hall–Kier alpha value is -3.02. The van der Waals surface area contributed by atoms with Crippen LogP contribution in [0, 0.1) is 6.92 Å². The van der Waals surface area contributed by atoms with Crippen LogP contribution in [0.15, 0.2) is 30.3 Å². The number of benzene rings is 2. The normalized spacial score (nSPS) is 10.1. The summed E-state index contributed by atoms with van der Waals surface area (Å²) < 4.78 is 15.9. The lowest BCUT2D eigenvalue weighted by Crippen LogP contribution is -2.12. The molecule has 2 aromatic rings. The van der Waals surface area contributed by atoms with Gasteiger partial charge in [0.15, 0.2) is 17.3 Å². The molecule has 132 valence electrons.